The summed E-state index contributed by atoms with van der Waals surface area (Å²) in [4.78, 5) is 5.77. The lowest BCUT2D eigenvalue weighted by Crippen LogP contribution is -2.25. The van der Waals surface area contributed by atoms with E-state index < -0.39 is 0 Å². The van der Waals surface area contributed by atoms with Gasteiger partial charge in [0.2, 0.25) is 0 Å². The van der Waals surface area contributed by atoms with Crippen molar-refractivity contribution in [2.75, 3.05) is 19.7 Å². The third-order valence-corrected chi connectivity index (χ3v) is 5.34. The second kappa shape index (κ2) is 7.43. The Bertz CT molecular complexity index is 822. The normalized spacial score (nSPS) is 20.2. The third kappa shape index (κ3) is 3.27. The predicted octanol–water partition coefficient (Wildman–Crippen LogP) is 4.37. The van der Waals surface area contributed by atoms with Crippen molar-refractivity contribution < 1.29 is 9.57 Å². The Morgan fingerprint density at radius 1 is 1.19 bits per heavy atom. The molecule has 0 radical (unpaired) electrons. The Morgan fingerprint density at radius 3 is 2.85 bits per heavy atom. The van der Waals surface area contributed by atoms with Crippen molar-refractivity contribution in [1.29, 1.82) is 0 Å². The molecule has 5 heteroatoms. The molecular formula is C21H23BrN2O2. The molecule has 4 nitrogen and oxygen atoms in total. The SMILES string of the molecule is CCNCCCONC1=C2CC2(c2ccccc2)Oc2cc(Br)ccc21. The molecule has 2 aliphatic rings. The molecule has 2 aromatic carbocycles. The standard InChI is InChI=1S/C21H23BrN2O2/c1-2-23-11-6-12-25-24-20-17-10-9-16(22)13-19(17)26-21(14-18(20)21)15-7-4-3-5-8-15/h3-5,7-10,13,23-24H,2,6,11-12,14H2,1H3. The largest absolute Gasteiger partial charge is 0.477 e. The Labute approximate surface area is 162 Å². The molecule has 1 saturated carbocycles. The number of halogens is 1. The first-order valence-corrected chi connectivity index (χ1v) is 9.90. The van der Waals surface area contributed by atoms with E-state index in [4.69, 9.17) is 9.57 Å². The number of hydrogen-bond acceptors (Lipinski definition) is 4. The van der Waals surface area contributed by atoms with Gasteiger partial charge in [0.1, 0.15) is 5.75 Å². The average molecular weight is 415 g/mol. The van der Waals surface area contributed by atoms with Crippen molar-refractivity contribution in [2.24, 2.45) is 0 Å². The van der Waals surface area contributed by atoms with Crippen LogP contribution >= 0.6 is 15.9 Å². The number of hydrogen-bond donors (Lipinski definition) is 2. The zero-order valence-electron chi connectivity index (χ0n) is 14.8. The van der Waals surface area contributed by atoms with E-state index in [0.717, 1.165) is 47.4 Å². The lowest BCUT2D eigenvalue weighted by molar-refractivity contribution is 0.0746. The highest BCUT2D eigenvalue weighted by atomic mass is 79.9. The first-order chi connectivity index (χ1) is 12.7. The highest BCUT2D eigenvalue weighted by Crippen LogP contribution is 2.61. The first kappa shape index (κ1) is 17.6. The summed E-state index contributed by atoms with van der Waals surface area (Å²) < 4.78 is 7.47. The van der Waals surface area contributed by atoms with E-state index >= 15 is 0 Å². The van der Waals surface area contributed by atoms with Gasteiger partial charge in [-0.25, -0.2) is 0 Å². The monoisotopic (exact) mass is 414 g/mol. The van der Waals surface area contributed by atoms with Gasteiger partial charge in [0, 0.05) is 27.6 Å². The highest BCUT2D eigenvalue weighted by molar-refractivity contribution is 9.10. The van der Waals surface area contributed by atoms with Gasteiger partial charge in [-0.15, -0.1) is 0 Å². The fourth-order valence-electron chi connectivity index (χ4n) is 3.46. The zero-order chi connectivity index (χ0) is 18.0. The molecule has 136 valence electrons. The number of nitrogens with one attached hydrogen (secondary N) is 2. The van der Waals surface area contributed by atoms with Crippen molar-refractivity contribution in [1.82, 2.24) is 10.8 Å². The lowest BCUT2D eigenvalue weighted by atomic mass is 10.0. The topological polar surface area (TPSA) is 42.5 Å². The minimum Gasteiger partial charge on any atom is -0.477 e. The van der Waals surface area contributed by atoms with Gasteiger partial charge in [0.25, 0.3) is 0 Å². The summed E-state index contributed by atoms with van der Waals surface area (Å²) >= 11 is 3.55. The van der Waals surface area contributed by atoms with Crippen LogP contribution in [-0.4, -0.2) is 19.7 Å². The van der Waals surface area contributed by atoms with Crippen molar-refractivity contribution >= 4 is 21.6 Å². The van der Waals surface area contributed by atoms with Gasteiger partial charge in [0.15, 0.2) is 5.60 Å². The molecule has 1 unspecified atom stereocenters. The number of rotatable bonds is 8. The van der Waals surface area contributed by atoms with Crippen molar-refractivity contribution in [2.45, 2.75) is 25.4 Å². The van der Waals surface area contributed by atoms with Crippen LogP contribution in [0, 0.1) is 0 Å². The molecule has 0 spiro atoms. The second-order valence-electron chi connectivity index (χ2n) is 6.62. The van der Waals surface area contributed by atoms with Gasteiger partial charge in [-0.3, -0.25) is 10.3 Å². The van der Waals surface area contributed by atoms with Gasteiger partial charge >= 0.3 is 0 Å². The Morgan fingerprint density at radius 2 is 2.04 bits per heavy atom. The van der Waals surface area contributed by atoms with Crippen LogP contribution in [0.5, 0.6) is 5.75 Å². The fourth-order valence-corrected chi connectivity index (χ4v) is 3.80. The minimum atomic E-state index is -0.357. The molecule has 1 aliphatic heterocycles. The Kier molecular flexibility index (Phi) is 5.02. The minimum absolute atomic E-state index is 0.357. The predicted molar refractivity (Wildman–Crippen MR) is 107 cm³/mol. The van der Waals surface area contributed by atoms with E-state index in [9.17, 15) is 0 Å². The molecule has 1 atom stereocenters. The van der Waals surface area contributed by atoms with Gasteiger partial charge in [-0.05, 0) is 37.7 Å². The molecule has 1 fully saturated rings. The van der Waals surface area contributed by atoms with E-state index in [1.54, 1.807) is 0 Å². The van der Waals surface area contributed by atoms with Gasteiger partial charge in [0.05, 0.1) is 12.3 Å². The van der Waals surface area contributed by atoms with Crippen LogP contribution in [-0.2, 0) is 10.4 Å². The number of hydroxylamine groups is 1. The second-order valence-corrected chi connectivity index (χ2v) is 7.54. The average Bonchev–Trinajstić information content (AvgIpc) is 3.40. The van der Waals surface area contributed by atoms with E-state index in [0.29, 0.717) is 6.61 Å². The maximum Gasteiger partial charge on any atom is 0.162 e. The number of fused-ring (bicyclic) bond motifs is 2. The van der Waals surface area contributed by atoms with Crippen LogP contribution in [0.3, 0.4) is 0 Å². The Hall–Kier alpha value is -1.82. The molecule has 4 rings (SSSR count). The van der Waals surface area contributed by atoms with E-state index in [-0.39, 0.29) is 5.60 Å². The molecule has 0 amide bonds. The van der Waals surface area contributed by atoms with Crippen molar-refractivity contribution in [3.8, 4) is 5.75 Å². The van der Waals surface area contributed by atoms with Gasteiger partial charge < -0.3 is 10.1 Å². The van der Waals surface area contributed by atoms with Gasteiger partial charge in [-0.2, -0.15) is 0 Å². The number of benzene rings is 2. The number of ether oxygens (including phenoxy) is 1. The fraction of sp³-hybridized carbons (Fsp3) is 0.333. The summed E-state index contributed by atoms with van der Waals surface area (Å²) in [6.45, 7) is 4.72. The summed E-state index contributed by atoms with van der Waals surface area (Å²) in [5.74, 6) is 0.878. The van der Waals surface area contributed by atoms with Crippen LogP contribution < -0.4 is 15.5 Å². The molecule has 1 aliphatic carbocycles. The highest BCUT2D eigenvalue weighted by Gasteiger charge is 2.58. The molecular weight excluding hydrogens is 392 g/mol. The lowest BCUT2D eigenvalue weighted by Gasteiger charge is -2.26. The van der Waals surface area contributed by atoms with Crippen LogP contribution in [0.15, 0.2) is 58.6 Å². The molecule has 2 aromatic rings. The first-order valence-electron chi connectivity index (χ1n) is 9.11. The third-order valence-electron chi connectivity index (χ3n) is 4.85. The van der Waals surface area contributed by atoms with E-state index in [1.807, 2.05) is 18.2 Å². The summed E-state index contributed by atoms with van der Waals surface area (Å²) in [5, 5.41) is 3.31. The van der Waals surface area contributed by atoms with Gasteiger partial charge in [-0.1, -0.05) is 53.2 Å². The molecule has 0 saturated heterocycles. The van der Waals surface area contributed by atoms with Crippen molar-refractivity contribution in [3.63, 3.8) is 0 Å². The molecule has 0 aromatic heterocycles. The Balaban J connectivity index is 1.58. The zero-order valence-corrected chi connectivity index (χ0v) is 16.4. The summed E-state index contributed by atoms with van der Waals surface area (Å²) in [5.41, 5.74) is 7.40. The van der Waals surface area contributed by atoms with E-state index in [1.165, 1.54) is 11.1 Å². The smallest absolute Gasteiger partial charge is 0.162 e. The summed E-state index contributed by atoms with van der Waals surface area (Å²) in [6, 6.07) is 16.6. The molecule has 1 heterocycles. The maximum atomic E-state index is 6.46. The molecule has 26 heavy (non-hydrogen) atoms. The van der Waals surface area contributed by atoms with Crippen LogP contribution in [0.4, 0.5) is 0 Å². The molecule has 0 bridgehead atoms. The van der Waals surface area contributed by atoms with Crippen molar-refractivity contribution in [3.05, 3.63) is 69.7 Å². The maximum absolute atomic E-state index is 6.46. The van der Waals surface area contributed by atoms with Crippen LogP contribution in [0.1, 0.15) is 30.9 Å². The van der Waals surface area contributed by atoms with E-state index in [2.05, 4.69) is 64.0 Å². The quantitative estimate of drug-likeness (QED) is 0.496. The van der Waals surface area contributed by atoms with Crippen LogP contribution in [0.2, 0.25) is 0 Å². The summed E-state index contributed by atoms with van der Waals surface area (Å²) in [6.07, 6.45) is 1.85. The molecule has 2 N–H and O–H groups in total. The summed E-state index contributed by atoms with van der Waals surface area (Å²) in [7, 11) is 0. The van der Waals surface area contributed by atoms with Crippen LogP contribution in [0.25, 0.3) is 5.70 Å².